The van der Waals surface area contributed by atoms with Crippen LogP contribution in [-0.4, -0.2) is 37.1 Å². The van der Waals surface area contributed by atoms with Crippen molar-refractivity contribution in [2.75, 3.05) is 20.2 Å². The van der Waals surface area contributed by atoms with E-state index in [1.54, 1.807) is 20.1 Å². The molecule has 0 bridgehead atoms. The highest BCUT2D eigenvalue weighted by Gasteiger charge is 2.25. The predicted octanol–water partition coefficient (Wildman–Crippen LogP) is 2.10. The summed E-state index contributed by atoms with van der Waals surface area (Å²) in [5, 5.41) is 0. The van der Waals surface area contributed by atoms with Gasteiger partial charge >= 0.3 is 0 Å². The van der Waals surface area contributed by atoms with Gasteiger partial charge in [-0.15, -0.1) is 0 Å². The summed E-state index contributed by atoms with van der Waals surface area (Å²) in [5.74, 6) is 1.34. The number of benzene rings is 1. The van der Waals surface area contributed by atoms with Crippen molar-refractivity contribution in [3.8, 4) is 11.5 Å². The average Bonchev–Trinajstić information content (AvgIpc) is 3.00. The van der Waals surface area contributed by atoms with Crippen molar-refractivity contribution < 1.29 is 14.3 Å². The molecular weight excluding hydrogens is 268 g/mol. The molecule has 1 amide bonds. The second-order valence-corrected chi connectivity index (χ2v) is 5.48. The smallest absolute Gasteiger partial charge is 0.263 e. The number of hydrogen-bond acceptors (Lipinski definition) is 4. The lowest BCUT2D eigenvalue weighted by molar-refractivity contribution is -0.136. The number of carbonyl (C=O) groups excluding carboxylic acids is 1. The first kappa shape index (κ1) is 15.6. The number of nitrogens with two attached hydrogens (primary N) is 1. The molecule has 1 fully saturated rings. The third-order valence-electron chi connectivity index (χ3n) is 3.78. The molecule has 2 N–H and O–H groups in total. The molecule has 1 aliphatic heterocycles. The van der Waals surface area contributed by atoms with Crippen molar-refractivity contribution in [3.63, 3.8) is 0 Å². The first-order chi connectivity index (χ1) is 10.0. The van der Waals surface area contributed by atoms with Gasteiger partial charge in [0.15, 0.2) is 6.10 Å². The first-order valence-corrected chi connectivity index (χ1v) is 7.42. The Hall–Kier alpha value is -1.75. The Kier molecular flexibility index (Phi) is 5.07. The lowest BCUT2D eigenvalue weighted by atomic mass is 10.1. The van der Waals surface area contributed by atoms with Gasteiger partial charge < -0.3 is 20.1 Å². The standard InChI is InChI=1S/C16H24N2O3/c1-11(17)14-7-6-13(20-3)10-15(14)21-12(2)16(19)18-8-4-5-9-18/h6-7,10-12H,4-5,8-9,17H2,1-3H3. The highest BCUT2D eigenvalue weighted by atomic mass is 16.5. The Balaban J connectivity index is 2.14. The van der Waals surface area contributed by atoms with E-state index in [9.17, 15) is 4.79 Å². The minimum atomic E-state index is -0.521. The second kappa shape index (κ2) is 6.80. The van der Waals surface area contributed by atoms with E-state index in [-0.39, 0.29) is 11.9 Å². The first-order valence-electron chi connectivity index (χ1n) is 7.42. The zero-order valence-corrected chi connectivity index (χ0v) is 13.0. The van der Waals surface area contributed by atoms with Crippen LogP contribution in [0.15, 0.2) is 18.2 Å². The van der Waals surface area contributed by atoms with Gasteiger partial charge in [-0.3, -0.25) is 4.79 Å². The van der Waals surface area contributed by atoms with Crippen LogP contribution in [0, 0.1) is 0 Å². The Morgan fingerprint density at radius 1 is 1.29 bits per heavy atom. The molecule has 0 spiro atoms. The van der Waals surface area contributed by atoms with Gasteiger partial charge in [0.05, 0.1) is 7.11 Å². The fraction of sp³-hybridized carbons (Fsp3) is 0.562. The summed E-state index contributed by atoms with van der Waals surface area (Å²) < 4.78 is 11.1. The number of likely N-dealkylation sites (tertiary alicyclic amines) is 1. The third-order valence-corrected chi connectivity index (χ3v) is 3.78. The number of carbonyl (C=O) groups is 1. The molecule has 1 heterocycles. The molecule has 5 nitrogen and oxygen atoms in total. The molecule has 0 radical (unpaired) electrons. The highest BCUT2D eigenvalue weighted by Crippen LogP contribution is 2.29. The quantitative estimate of drug-likeness (QED) is 0.902. The summed E-state index contributed by atoms with van der Waals surface area (Å²) in [6.45, 7) is 5.32. The van der Waals surface area contributed by atoms with Crippen LogP contribution in [-0.2, 0) is 4.79 Å². The summed E-state index contributed by atoms with van der Waals surface area (Å²) in [4.78, 5) is 14.2. The van der Waals surface area contributed by atoms with Crippen molar-refractivity contribution in [1.82, 2.24) is 4.90 Å². The molecule has 2 rings (SSSR count). The van der Waals surface area contributed by atoms with Crippen LogP contribution in [0.2, 0.25) is 0 Å². The Bertz CT molecular complexity index is 496. The summed E-state index contributed by atoms with van der Waals surface area (Å²) in [6, 6.07) is 5.34. The second-order valence-electron chi connectivity index (χ2n) is 5.48. The number of methoxy groups -OCH3 is 1. The number of rotatable bonds is 5. The molecule has 0 aliphatic carbocycles. The monoisotopic (exact) mass is 292 g/mol. The van der Waals surface area contributed by atoms with Crippen molar-refractivity contribution in [2.45, 2.75) is 38.8 Å². The van der Waals surface area contributed by atoms with Crippen LogP contribution in [0.4, 0.5) is 0 Å². The molecule has 0 saturated carbocycles. The van der Waals surface area contributed by atoms with Crippen molar-refractivity contribution >= 4 is 5.91 Å². The van der Waals surface area contributed by atoms with Crippen LogP contribution in [0.5, 0.6) is 11.5 Å². The Labute approximate surface area is 126 Å². The van der Waals surface area contributed by atoms with Gasteiger partial charge in [-0.2, -0.15) is 0 Å². The van der Waals surface area contributed by atoms with Crippen LogP contribution in [0.3, 0.4) is 0 Å². The Morgan fingerprint density at radius 3 is 2.52 bits per heavy atom. The SMILES string of the molecule is COc1ccc(C(C)N)c(OC(C)C(=O)N2CCCC2)c1. The van der Waals surface area contributed by atoms with E-state index in [0.717, 1.165) is 31.5 Å². The fourth-order valence-corrected chi connectivity index (χ4v) is 2.56. The molecular formula is C16H24N2O3. The molecule has 1 aliphatic rings. The van der Waals surface area contributed by atoms with Crippen LogP contribution in [0.1, 0.15) is 38.3 Å². The Morgan fingerprint density at radius 2 is 1.95 bits per heavy atom. The van der Waals surface area contributed by atoms with E-state index >= 15 is 0 Å². The molecule has 5 heteroatoms. The van der Waals surface area contributed by atoms with Gasteiger partial charge in [0.2, 0.25) is 0 Å². The molecule has 116 valence electrons. The molecule has 2 atom stereocenters. The highest BCUT2D eigenvalue weighted by molar-refractivity contribution is 5.81. The maximum absolute atomic E-state index is 12.3. The molecule has 21 heavy (non-hydrogen) atoms. The zero-order chi connectivity index (χ0) is 15.4. The number of amides is 1. The van der Waals surface area contributed by atoms with Crippen molar-refractivity contribution in [2.24, 2.45) is 5.73 Å². The largest absolute Gasteiger partial charge is 0.497 e. The summed E-state index contributed by atoms with van der Waals surface area (Å²) >= 11 is 0. The number of ether oxygens (including phenoxy) is 2. The van der Waals surface area contributed by atoms with E-state index in [4.69, 9.17) is 15.2 Å². The van der Waals surface area contributed by atoms with Crippen molar-refractivity contribution in [3.05, 3.63) is 23.8 Å². The van der Waals surface area contributed by atoms with E-state index in [1.165, 1.54) is 0 Å². The summed E-state index contributed by atoms with van der Waals surface area (Å²) in [6.07, 6.45) is 1.62. The molecule has 0 aromatic heterocycles. The molecule has 1 aromatic carbocycles. The molecule has 1 aromatic rings. The van der Waals surface area contributed by atoms with Gasteiger partial charge in [-0.25, -0.2) is 0 Å². The van der Waals surface area contributed by atoms with E-state index in [1.807, 2.05) is 24.0 Å². The molecule has 2 unspecified atom stereocenters. The summed E-state index contributed by atoms with van der Waals surface area (Å²) in [7, 11) is 1.60. The van der Waals surface area contributed by atoms with E-state index in [0.29, 0.717) is 11.5 Å². The topological polar surface area (TPSA) is 64.8 Å². The maximum Gasteiger partial charge on any atom is 0.263 e. The normalized spacial score (nSPS) is 17.4. The van der Waals surface area contributed by atoms with Crippen LogP contribution >= 0.6 is 0 Å². The maximum atomic E-state index is 12.3. The predicted molar refractivity (Wildman–Crippen MR) is 81.5 cm³/mol. The number of nitrogens with zero attached hydrogens (tertiary/aromatic N) is 1. The number of hydrogen-bond donors (Lipinski definition) is 1. The van der Waals surface area contributed by atoms with Gasteiger partial charge in [0.25, 0.3) is 5.91 Å². The molecule has 1 saturated heterocycles. The van der Waals surface area contributed by atoms with Gasteiger partial charge in [-0.1, -0.05) is 6.07 Å². The van der Waals surface area contributed by atoms with E-state index in [2.05, 4.69) is 0 Å². The zero-order valence-electron chi connectivity index (χ0n) is 13.0. The van der Waals surface area contributed by atoms with Crippen molar-refractivity contribution in [1.29, 1.82) is 0 Å². The van der Waals surface area contributed by atoms with Gasteiger partial charge in [0, 0.05) is 30.8 Å². The fourth-order valence-electron chi connectivity index (χ4n) is 2.56. The average molecular weight is 292 g/mol. The third kappa shape index (κ3) is 3.67. The summed E-state index contributed by atoms with van der Waals surface area (Å²) in [5.41, 5.74) is 6.84. The van der Waals surface area contributed by atoms with Crippen LogP contribution in [0.25, 0.3) is 0 Å². The minimum Gasteiger partial charge on any atom is -0.497 e. The lowest BCUT2D eigenvalue weighted by Crippen LogP contribution is -2.38. The minimum absolute atomic E-state index is 0.0333. The van der Waals surface area contributed by atoms with Gasteiger partial charge in [-0.05, 0) is 32.8 Å². The van der Waals surface area contributed by atoms with Crippen LogP contribution < -0.4 is 15.2 Å². The van der Waals surface area contributed by atoms with E-state index < -0.39 is 6.10 Å². The van der Waals surface area contributed by atoms with Gasteiger partial charge in [0.1, 0.15) is 11.5 Å². The lowest BCUT2D eigenvalue weighted by Gasteiger charge is -2.23.